The molecule has 1 aliphatic carbocycles. The number of hydrogen-bond acceptors (Lipinski definition) is 2. The van der Waals surface area contributed by atoms with Gasteiger partial charge in [-0.05, 0) is 58.4 Å². The predicted molar refractivity (Wildman–Crippen MR) is 72.2 cm³/mol. The van der Waals surface area contributed by atoms with Gasteiger partial charge in [0.05, 0.1) is 11.6 Å². The Bertz CT molecular complexity index is 266. The van der Waals surface area contributed by atoms with E-state index in [1.165, 1.54) is 44.9 Å². The van der Waals surface area contributed by atoms with Crippen molar-refractivity contribution in [2.75, 3.05) is 13.2 Å². The summed E-state index contributed by atoms with van der Waals surface area (Å²) in [6.07, 6.45) is 11.3. The van der Waals surface area contributed by atoms with Gasteiger partial charge >= 0.3 is 0 Å². The molecule has 0 spiro atoms. The smallest absolute Gasteiger partial charge is 0.0845 e. The molecule has 0 aromatic rings. The Morgan fingerprint density at radius 1 is 1.41 bits per heavy atom. The van der Waals surface area contributed by atoms with Crippen molar-refractivity contribution >= 4 is 0 Å². The van der Waals surface area contributed by atoms with Crippen LogP contribution in [0.2, 0.25) is 0 Å². The molecule has 0 amide bonds. The Kier molecular flexibility index (Phi) is 4.63. The highest BCUT2D eigenvalue weighted by molar-refractivity contribution is 5.19. The first kappa shape index (κ1) is 13.1. The van der Waals surface area contributed by atoms with Crippen molar-refractivity contribution in [2.45, 2.75) is 70.4 Å². The van der Waals surface area contributed by atoms with Crippen molar-refractivity contribution in [1.82, 2.24) is 5.32 Å². The second-order valence-corrected chi connectivity index (χ2v) is 5.68. The maximum Gasteiger partial charge on any atom is 0.0845 e. The van der Waals surface area contributed by atoms with Crippen LogP contribution in [0, 0.1) is 0 Å². The Hall–Kier alpha value is -0.340. The van der Waals surface area contributed by atoms with Gasteiger partial charge in [-0.1, -0.05) is 18.6 Å². The van der Waals surface area contributed by atoms with Gasteiger partial charge in [-0.3, -0.25) is 0 Å². The van der Waals surface area contributed by atoms with Gasteiger partial charge in [0.2, 0.25) is 0 Å². The Morgan fingerprint density at radius 3 is 2.88 bits per heavy atom. The van der Waals surface area contributed by atoms with E-state index < -0.39 is 0 Å². The third kappa shape index (κ3) is 3.11. The van der Waals surface area contributed by atoms with Crippen LogP contribution >= 0.6 is 0 Å². The standard InChI is InChI=1S/C15H27NO/c1-3-11-16-14(13-8-5-4-6-9-13)15(2)10-7-12-17-15/h8,14,16H,3-7,9-12H2,1-2H3. The topological polar surface area (TPSA) is 21.3 Å². The number of hydrogen-bond donors (Lipinski definition) is 1. The van der Waals surface area contributed by atoms with Crippen LogP contribution in [-0.2, 0) is 4.74 Å². The molecule has 0 aromatic carbocycles. The van der Waals surface area contributed by atoms with E-state index >= 15 is 0 Å². The maximum absolute atomic E-state index is 6.05. The SMILES string of the molecule is CCCNC(C1=CCCCC1)C1(C)CCCO1. The molecule has 0 bridgehead atoms. The van der Waals surface area contributed by atoms with Gasteiger partial charge in [-0.25, -0.2) is 0 Å². The molecule has 2 unspecified atom stereocenters. The average Bonchev–Trinajstić information content (AvgIpc) is 2.79. The first-order valence-electron chi connectivity index (χ1n) is 7.32. The van der Waals surface area contributed by atoms with Crippen LogP contribution < -0.4 is 5.32 Å². The fourth-order valence-corrected chi connectivity index (χ4v) is 3.18. The van der Waals surface area contributed by atoms with Gasteiger partial charge in [-0.2, -0.15) is 0 Å². The third-order valence-corrected chi connectivity index (χ3v) is 4.16. The summed E-state index contributed by atoms with van der Waals surface area (Å²) in [6, 6.07) is 0.449. The number of allylic oxidation sites excluding steroid dienone is 1. The lowest BCUT2D eigenvalue weighted by molar-refractivity contribution is -0.00275. The van der Waals surface area contributed by atoms with Crippen molar-refractivity contribution in [3.8, 4) is 0 Å². The Balaban J connectivity index is 2.08. The molecule has 2 aliphatic rings. The fourth-order valence-electron chi connectivity index (χ4n) is 3.18. The van der Waals surface area contributed by atoms with E-state index in [1.807, 2.05) is 0 Å². The monoisotopic (exact) mass is 237 g/mol. The van der Waals surface area contributed by atoms with E-state index in [1.54, 1.807) is 5.57 Å². The normalized spacial score (nSPS) is 31.3. The summed E-state index contributed by atoms with van der Waals surface area (Å²) >= 11 is 0. The van der Waals surface area contributed by atoms with Crippen LogP contribution in [0.3, 0.4) is 0 Å². The van der Waals surface area contributed by atoms with E-state index in [0.29, 0.717) is 6.04 Å². The molecule has 2 nitrogen and oxygen atoms in total. The molecule has 0 radical (unpaired) electrons. The highest BCUT2D eigenvalue weighted by atomic mass is 16.5. The van der Waals surface area contributed by atoms with Crippen LogP contribution in [-0.4, -0.2) is 24.8 Å². The van der Waals surface area contributed by atoms with Gasteiger partial charge in [0.25, 0.3) is 0 Å². The lowest BCUT2D eigenvalue weighted by Gasteiger charge is -2.37. The van der Waals surface area contributed by atoms with E-state index in [9.17, 15) is 0 Å². The van der Waals surface area contributed by atoms with Crippen molar-refractivity contribution < 1.29 is 4.74 Å². The van der Waals surface area contributed by atoms with Crippen LogP contribution in [0.5, 0.6) is 0 Å². The van der Waals surface area contributed by atoms with E-state index in [-0.39, 0.29) is 5.60 Å². The van der Waals surface area contributed by atoms with Gasteiger partial charge in [-0.15, -0.1) is 0 Å². The van der Waals surface area contributed by atoms with Gasteiger partial charge in [0.15, 0.2) is 0 Å². The molecule has 0 aromatic heterocycles. The van der Waals surface area contributed by atoms with E-state index in [0.717, 1.165) is 13.2 Å². The molecular weight excluding hydrogens is 210 g/mol. The van der Waals surface area contributed by atoms with Gasteiger partial charge < -0.3 is 10.1 Å². The lowest BCUT2D eigenvalue weighted by atomic mass is 9.82. The van der Waals surface area contributed by atoms with Crippen molar-refractivity contribution in [1.29, 1.82) is 0 Å². The second-order valence-electron chi connectivity index (χ2n) is 5.68. The summed E-state index contributed by atoms with van der Waals surface area (Å²) in [5, 5.41) is 3.73. The molecule has 1 heterocycles. The van der Waals surface area contributed by atoms with Crippen molar-refractivity contribution in [3.05, 3.63) is 11.6 Å². The van der Waals surface area contributed by atoms with E-state index in [2.05, 4.69) is 25.2 Å². The summed E-state index contributed by atoms with van der Waals surface area (Å²) < 4.78 is 6.05. The molecule has 1 N–H and O–H groups in total. The minimum atomic E-state index is 0.0400. The van der Waals surface area contributed by atoms with Crippen molar-refractivity contribution in [2.24, 2.45) is 0 Å². The largest absolute Gasteiger partial charge is 0.373 e. The highest BCUT2D eigenvalue weighted by Gasteiger charge is 2.39. The first-order valence-corrected chi connectivity index (χ1v) is 7.32. The molecule has 17 heavy (non-hydrogen) atoms. The summed E-state index contributed by atoms with van der Waals surface area (Å²) in [5.41, 5.74) is 1.65. The average molecular weight is 237 g/mol. The number of rotatable bonds is 5. The molecule has 2 atom stereocenters. The van der Waals surface area contributed by atoms with Gasteiger partial charge in [0.1, 0.15) is 0 Å². The van der Waals surface area contributed by atoms with Crippen LogP contribution in [0.1, 0.15) is 58.8 Å². The maximum atomic E-state index is 6.05. The molecule has 1 fully saturated rings. The van der Waals surface area contributed by atoms with E-state index in [4.69, 9.17) is 4.74 Å². The molecular formula is C15H27NO. The molecule has 1 aliphatic heterocycles. The van der Waals surface area contributed by atoms with Crippen LogP contribution in [0.4, 0.5) is 0 Å². The minimum Gasteiger partial charge on any atom is -0.373 e. The van der Waals surface area contributed by atoms with Gasteiger partial charge in [0, 0.05) is 6.61 Å². The first-order chi connectivity index (χ1) is 8.26. The second kappa shape index (κ2) is 6.01. The summed E-state index contributed by atoms with van der Waals surface area (Å²) in [5.74, 6) is 0. The van der Waals surface area contributed by atoms with Crippen LogP contribution in [0.25, 0.3) is 0 Å². The lowest BCUT2D eigenvalue weighted by Crippen LogP contribution is -2.50. The minimum absolute atomic E-state index is 0.0400. The third-order valence-electron chi connectivity index (χ3n) is 4.16. The van der Waals surface area contributed by atoms with Crippen molar-refractivity contribution in [3.63, 3.8) is 0 Å². The molecule has 1 saturated heterocycles. The summed E-state index contributed by atoms with van der Waals surface area (Å²) in [7, 11) is 0. The molecule has 0 saturated carbocycles. The number of ether oxygens (including phenoxy) is 1. The quantitative estimate of drug-likeness (QED) is 0.740. The summed E-state index contributed by atoms with van der Waals surface area (Å²) in [6.45, 7) is 6.56. The summed E-state index contributed by atoms with van der Waals surface area (Å²) in [4.78, 5) is 0. The highest BCUT2D eigenvalue weighted by Crippen LogP contribution is 2.35. The predicted octanol–water partition coefficient (Wildman–Crippen LogP) is 3.42. The fraction of sp³-hybridized carbons (Fsp3) is 0.867. The molecule has 2 rings (SSSR count). The zero-order valence-corrected chi connectivity index (χ0v) is 11.4. The molecule has 98 valence electrons. The zero-order valence-electron chi connectivity index (χ0n) is 11.4. The Morgan fingerprint density at radius 2 is 2.29 bits per heavy atom. The molecule has 2 heteroatoms. The zero-order chi connectivity index (χ0) is 12.1. The number of nitrogens with one attached hydrogen (secondary N) is 1. The Labute approximate surface area is 106 Å². The van der Waals surface area contributed by atoms with Crippen LogP contribution in [0.15, 0.2) is 11.6 Å².